The molecule has 2 rings (SSSR count). The van der Waals surface area contributed by atoms with Gasteiger partial charge in [-0.1, -0.05) is 30.3 Å². The summed E-state index contributed by atoms with van der Waals surface area (Å²) in [5.41, 5.74) is 1.35. The number of hydrogen-bond acceptors (Lipinski definition) is 4. The Labute approximate surface area is 119 Å². The fourth-order valence-electron chi connectivity index (χ4n) is 1.74. The van der Waals surface area contributed by atoms with Crippen LogP contribution in [-0.2, 0) is 4.79 Å². The van der Waals surface area contributed by atoms with E-state index in [-0.39, 0.29) is 10.6 Å². The van der Waals surface area contributed by atoms with Crippen LogP contribution in [-0.4, -0.2) is 22.1 Å². The smallest absolute Gasteiger partial charge is 0.348 e. The number of aliphatic hydroxyl groups excluding tert-OH is 1. The van der Waals surface area contributed by atoms with Gasteiger partial charge in [-0.25, -0.2) is 4.79 Å². The first kappa shape index (κ1) is 14.2. The van der Waals surface area contributed by atoms with Gasteiger partial charge < -0.3 is 15.5 Å². The summed E-state index contributed by atoms with van der Waals surface area (Å²) in [5, 5.41) is 23.1. The minimum absolute atomic E-state index is 0.0520. The quantitative estimate of drug-likeness (QED) is 0.807. The van der Waals surface area contributed by atoms with Crippen molar-refractivity contribution in [1.82, 2.24) is 0 Å². The molecular formula is C14H13NO4S. The summed E-state index contributed by atoms with van der Waals surface area (Å²) in [5.74, 6) is -1.76. The van der Waals surface area contributed by atoms with E-state index in [4.69, 9.17) is 5.11 Å². The zero-order chi connectivity index (χ0) is 14.7. The molecule has 2 aromatic rings. The van der Waals surface area contributed by atoms with E-state index in [0.29, 0.717) is 11.1 Å². The largest absolute Gasteiger partial charge is 0.477 e. The molecule has 3 N–H and O–H groups in total. The van der Waals surface area contributed by atoms with Gasteiger partial charge in [0.2, 0.25) is 0 Å². The van der Waals surface area contributed by atoms with Gasteiger partial charge in [0.05, 0.1) is 5.69 Å². The Hall–Kier alpha value is -2.18. The first-order chi connectivity index (χ1) is 9.50. The summed E-state index contributed by atoms with van der Waals surface area (Å²) < 4.78 is 0. The van der Waals surface area contributed by atoms with Gasteiger partial charge >= 0.3 is 5.97 Å². The third-order valence-electron chi connectivity index (χ3n) is 2.78. The van der Waals surface area contributed by atoms with Gasteiger partial charge in [-0.2, -0.15) is 0 Å². The Morgan fingerprint density at radius 1 is 1.25 bits per heavy atom. The fraction of sp³-hybridized carbons (Fsp3) is 0.143. The highest BCUT2D eigenvalue weighted by atomic mass is 32.1. The van der Waals surface area contributed by atoms with Gasteiger partial charge in [-0.15, -0.1) is 11.3 Å². The Morgan fingerprint density at radius 3 is 2.50 bits per heavy atom. The number of amides is 1. The van der Waals surface area contributed by atoms with E-state index in [1.807, 2.05) is 0 Å². The molecule has 1 heterocycles. The van der Waals surface area contributed by atoms with Crippen molar-refractivity contribution >= 4 is 28.9 Å². The van der Waals surface area contributed by atoms with Gasteiger partial charge in [0.25, 0.3) is 5.91 Å². The zero-order valence-corrected chi connectivity index (χ0v) is 11.5. The molecule has 0 radical (unpaired) electrons. The lowest BCUT2D eigenvalue weighted by Gasteiger charge is -2.12. The SMILES string of the molecule is Cc1csc(C(=O)O)c1NC(=O)C(O)c1ccccc1. The summed E-state index contributed by atoms with van der Waals surface area (Å²) in [6.07, 6.45) is -1.34. The van der Waals surface area contributed by atoms with Crippen molar-refractivity contribution in [2.75, 3.05) is 5.32 Å². The summed E-state index contributed by atoms with van der Waals surface area (Å²) >= 11 is 1.04. The normalized spacial score (nSPS) is 11.9. The molecule has 1 unspecified atom stereocenters. The first-order valence-electron chi connectivity index (χ1n) is 5.86. The second-order valence-electron chi connectivity index (χ2n) is 4.23. The topological polar surface area (TPSA) is 86.6 Å². The predicted molar refractivity (Wildman–Crippen MR) is 76.0 cm³/mol. The number of carboxylic acids is 1. The van der Waals surface area contributed by atoms with E-state index in [1.54, 1.807) is 42.6 Å². The first-order valence-corrected chi connectivity index (χ1v) is 6.74. The van der Waals surface area contributed by atoms with E-state index >= 15 is 0 Å². The molecule has 104 valence electrons. The van der Waals surface area contributed by atoms with Crippen molar-refractivity contribution in [3.63, 3.8) is 0 Å². The molecule has 0 aliphatic carbocycles. The van der Waals surface area contributed by atoms with Crippen LogP contribution in [0.2, 0.25) is 0 Å². The van der Waals surface area contributed by atoms with Crippen LogP contribution in [0, 0.1) is 6.92 Å². The molecule has 1 atom stereocenters. The minimum Gasteiger partial charge on any atom is -0.477 e. The lowest BCUT2D eigenvalue weighted by molar-refractivity contribution is -0.124. The molecule has 5 nitrogen and oxygen atoms in total. The maximum atomic E-state index is 12.0. The Kier molecular flexibility index (Phi) is 4.16. The number of rotatable bonds is 4. The van der Waals surface area contributed by atoms with E-state index in [0.717, 1.165) is 11.3 Å². The van der Waals surface area contributed by atoms with Crippen LogP contribution in [0.3, 0.4) is 0 Å². The van der Waals surface area contributed by atoms with Gasteiger partial charge in [-0.3, -0.25) is 4.79 Å². The van der Waals surface area contributed by atoms with Crippen LogP contribution < -0.4 is 5.32 Å². The molecule has 0 saturated heterocycles. The van der Waals surface area contributed by atoms with E-state index in [2.05, 4.69) is 5.32 Å². The molecule has 20 heavy (non-hydrogen) atoms. The Morgan fingerprint density at radius 2 is 1.90 bits per heavy atom. The number of anilines is 1. The van der Waals surface area contributed by atoms with Crippen LogP contribution in [0.15, 0.2) is 35.7 Å². The van der Waals surface area contributed by atoms with Gasteiger partial charge in [0.15, 0.2) is 6.10 Å². The molecule has 1 amide bonds. The van der Waals surface area contributed by atoms with Gasteiger partial charge in [0.1, 0.15) is 4.88 Å². The van der Waals surface area contributed by atoms with Crippen molar-refractivity contribution in [1.29, 1.82) is 0 Å². The van der Waals surface area contributed by atoms with Gasteiger partial charge in [-0.05, 0) is 23.4 Å². The molecule has 0 spiro atoms. The van der Waals surface area contributed by atoms with Crippen LogP contribution in [0.25, 0.3) is 0 Å². The molecule has 0 bridgehead atoms. The molecular weight excluding hydrogens is 278 g/mol. The lowest BCUT2D eigenvalue weighted by atomic mass is 10.1. The Bertz CT molecular complexity index is 636. The van der Waals surface area contributed by atoms with Crippen LogP contribution in [0.1, 0.15) is 26.9 Å². The average Bonchev–Trinajstić information content (AvgIpc) is 2.80. The summed E-state index contributed by atoms with van der Waals surface area (Å²) in [6, 6.07) is 8.46. The van der Waals surface area contributed by atoms with Crippen LogP contribution in [0.4, 0.5) is 5.69 Å². The molecule has 1 aromatic carbocycles. The van der Waals surface area contributed by atoms with Crippen molar-refractivity contribution in [3.05, 3.63) is 51.7 Å². The van der Waals surface area contributed by atoms with E-state index < -0.39 is 18.0 Å². The second-order valence-corrected chi connectivity index (χ2v) is 5.11. The van der Waals surface area contributed by atoms with E-state index in [1.165, 1.54) is 0 Å². The summed E-state index contributed by atoms with van der Waals surface area (Å²) in [7, 11) is 0. The number of benzene rings is 1. The predicted octanol–water partition coefficient (Wildman–Crippen LogP) is 2.43. The zero-order valence-electron chi connectivity index (χ0n) is 10.7. The number of aromatic carboxylic acids is 1. The highest BCUT2D eigenvalue weighted by Crippen LogP contribution is 2.28. The third-order valence-corrected chi connectivity index (χ3v) is 3.87. The highest BCUT2D eigenvalue weighted by molar-refractivity contribution is 7.12. The standard InChI is InChI=1S/C14H13NO4S/c1-8-7-20-12(14(18)19)10(8)15-13(17)11(16)9-5-3-2-4-6-9/h2-7,11,16H,1H3,(H,15,17)(H,18,19). The van der Waals surface area contributed by atoms with E-state index in [9.17, 15) is 14.7 Å². The third kappa shape index (κ3) is 2.87. The number of hydrogen-bond donors (Lipinski definition) is 3. The number of thiophene rings is 1. The minimum atomic E-state index is -1.34. The molecule has 6 heteroatoms. The summed E-state index contributed by atoms with van der Waals surface area (Å²) in [4.78, 5) is 23.1. The number of nitrogens with one attached hydrogen (secondary N) is 1. The number of aliphatic hydroxyl groups is 1. The highest BCUT2D eigenvalue weighted by Gasteiger charge is 2.22. The number of carbonyl (C=O) groups excluding carboxylic acids is 1. The number of carboxylic acid groups (broad SMARTS) is 1. The maximum Gasteiger partial charge on any atom is 0.348 e. The molecule has 0 saturated carbocycles. The van der Waals surface area contributed by atoms with Crippen LogP contribution in [0.5, 0.6) is 0 Å². The van der Waals surface area contributed by atoms with Crippen molar-refractivity contribution in [2.45, 2.75) is 13.0 Å². The van der Waals surface area contributed by atoms with Crippen molar-refractivity contribution in [2.24, 2.45) is 0 Å². The number of aryl methyl sites for hydroxylation is 1. The lowest BCUT2D eigenvalue weighted by Crippen LogP contribution is -2.21. The second kappa shape index (κ2) is 5.85. The van der Waals surface area contributed by atoms with Crippen molar-refractivity contribution < 1.29 is 19.8 Å². The molecule has 0 aliphatic heterocycles. The molecule has 0 fully saturated rings. The monoisotopic (exact) mass is 291 g/mol. The maximum absolute atomic E-state index is 12.0. The van der Waals surface area contributed by atoms with Crippen molar-refractivity contribution in [3.8, 4) is 0 Å². The molecule has 0 aliphatic rings. The fourth-order valence-corrected chi connectivity index (χ4v) is 2.58. The Balaban J connectivity index is 2.20. The van der Waals surface area contributed by atoms with Gasteiger partial charge in [0, 0.05) is 0 Å². The molecule has 1 aromatic heterocycles. The van der Waals surface area contributed by atoms with Crippen LogP contribution >= 0.6 is 11.3 Å². The summed E-state index contributed by atoms with van der Waals surface area (Å²) in [6.45, 7) is 1.70. The number of carbonyl (C=O) groups is 2. The average molecular weight is 291 g/mol.